The molecule has 78 valence electrons. The third-order valence-corrected chi connectivity index (χ3v) is 3.48. The van der Waals surface area contributed by atoms with Crippen molar-refractivity contribution in [2.24, 2.45) is 11.3 Å². The van der Waals surface area contributed by atoms with E-state index in [0.717, 1.165) is 19.4 Å². The van der Waals surface area contributed by atoms with Crippen LogP contribution in [0.5, 0.6) is 0 Å². The average molecular weight is 197 g/mol. The highest BCUT2D eigenvalue weighted by molar-refractivity contribution is 6.05. The highest BCUT2D eigenvalue weighted by atomic mass is 16.4. The first-order chi connectivity index (χ1) is 6.56. The molecule has 1 heterocycles. The fourth-order valence-corrected chi connectivity index (χ4v) is 2.81. The Kier molecular flexibility index (Phi) is 2.10. The summed E-state index contributed by atoms with van der Waals surface area (Å²) in [6.45, 7) is 1.12. The van der Waals surface area contributed by atoms with Crippen molar-refractivity contribution < 1.29 is 14.7 Å². The Bertz CT molecular complexity index is 289. The van der Waals surface area contributed by atoms with Crippen molar-refractivity contribution in [1.82, 2.24) is 4.90 Å². The fraction of sp³-hybridized carbons (Fsp3) is 0.800. The van der Waals surface area contributed by atoms with Crippen LogP contribution in [0.2, 0.25) is 0 Å². The van der Waals surface area contributed by atoms with Crippen molar-refractivity contribution in [2.75, 3.05) is 20.1 Å². The number of carbonyl (C=O) groups is 2. The van der Waals surface area contributed by atoms with Crippen LogP contribution < -0.4 is 0 Å². The molecular weight excluding hydrogens is 182 g/mol. The van der Waals surface area contributed by atoms with Crippen LogP contribution in [0.15, 0.2) is 0 Å². The topological polar surface area (TPSA) is 57.6 Å². The Labute approximate surface area is 82.9 Å². The molecule has 2 rings (SSSR count). The van der Waals surface area contributed by atoms with Crippen molar-refractivity contribution >= 4 is 11.8 Å². The lowest BCUT2D eigenvalue weighted by molar-refractivity contribution is -0.164. The highest BCUT2D eigenvalue weighted by Gasteiger charge is 2.54. The van der Waals surface area contributed by atoms with Crippen molar-refractivity contribution in [3.63, 3.8) is 0 Å². The number of likely N-dealkylation sites (tertiary alicyclic amines) is 1. The number of rotatable bonds is 1. The molecule has 1 N–H and O–H groups in total. The van der Waals surface area contributed by atoms with E-state index in [4.69, 9.17) is 0 Å². The molecule has 2 unspecified atom stereocenters. The standard InChI is InChI=1S/C10H15NO3/c1-11-5-7-3-2-4-10(6-11,8(7)12)9(13)14/h7H,2-6H2,1H3,(H,13,14). The molecule has 2 bridgehead atoms. The van der Waals surface area contributed by atoms with Crippen molar-refractivity contribution in [3.8, 4) is 0 Å². The van der Waals surface area contributed by atoms with Crippen LogP contribution in [-0.4, -0.2) is 41.9 Å². The largest absolute Gasteiger partial charge is 0.480 e. The zero-order chi connectivity index (χ0) is 10.3. The number of Topliss-reactive ketones (excluding diaryl/α,β-unsaturated/α-hetero) is 1. The van der Waals surface area contributed by atoms with E-state index in [1.807, 2.05) is 11.9 Å². The van der Waals surface area contributed by atoms with Gasteiger partial charge in [-0.2, -0.15) is 0 Å². The molecule has 0 amide bonds. The minimum atomic E-state index is -1.09. The second-order valence-electron chi connectivity index (χ2n) is 4.54. The molecule has 1 aliphatic heterocycles. The van der Waals surface area contributed by atoms with Crippen molar-refractivity contribution in [2.45, 2.75) is 19.3 Å². The van der Waals surface area contributed by atoms with E-state index < -0.39 is 11.4 Å². The van der Waals surface area contributed by atoms with Gasteiger partial charge in [0.05, 0.1) is 0 Å². The summed E-state index contributed by atoms with van der Waals surface area (Å²) in [5, 5.41) is 9.18. The van der Waals surface area contributed by atoms with Crippen LogP contribution >= 0.6 is 0 Å². The lowest BCUT2D eigenvalue weighted by atomic mass is 9.65. The van der Waals surface area contributed by atoms with Gasteiger partial charge in [0, 0.05) is 19.0 Å². The second kappa shape index (κ2) is 3.05. The van der Waals surface area contributed by atoms with E-state index in [9.17, 15) is 14.7 Å². The molecule has 0 aromatic carbocycles. The Balaban J connectivity index is 2.35. The van der Waals surface area contributed by atoms with Gasteiger partial charge in [-0.15, -0.1) is 0 Å². The maximum atomic E-state index is 11.9. The molecule has 0 spiro atoms. The van der Waals surface area contributed by atoms with Crippen molar-refractivity contribution in [3.05, 3.63) is 0 Å². The summed E-state index contributed by atoms with van der Waals surface area (Å²) in [5.41, 5.74) is -1.09. The van der Waals surface area contributed by atoms with Crippen LogP contribution in [0.1, 0.15) is 19.3 Å². The van der Waals surface area contributed by atoms with E-state index >= 15 is 0 Å². The number of carboxylic acids is 1. The Morgan fingerprint density at radius 2 is 2.36 bits per heavy atom. The first-order valence-electron chi connectivity index (χ1n) is 5.02. The molecule has 0 aromatic heterocycles. The summed E-state index contributed by atoms with van der Waals surface area (Å²) in [6.07, 6.45) is 2.25. The molecule has 2 fully saturated rings. The number of fused-ring (bicyclic) bond motifs is 2. The maximum Gasteiger partial charge on any atom is 0.318 e. The van der Waals surface area contributed by atoms with E-state index in [-0.39, 0.29) is 11.7 Å². The number of hydrogen-bond donors (Lipinski definition) is 1. The monoisotopic (exact) mass is 197 g/mol. The summed E-state index contributed by atoms with van der Waals surface area (Å²) >= 11 is 0. The van der Waals surface area contributed by atoms with E-state index in [0.29, 0.717) is 13.0 Å². The maximum absolute atomic E-state index is 11.9. The molecule has 2 aliphatic rings. The van der Waals surface area contributed by atoms with E-state index in [2.05, 4.69) is 0 Å². The predicted molar refractivity (Wildman–Crippen MR) is 49.9 cm³/mol. The Morgan fingerprint density at radius 1 is 1.64 bits per heavy atom. The molecule has 0 radical (unpaired) electrons. The highest BCUT2D eigenvalue weighted by Crippen LogP contribution is 2.40. The molecule has 1 aliphatic carbocycles. The summed E-state index contributed by atoms with van der Waals surface area (Å²) < 4.78 is 0. The fourth-order valence-electron chi connectivity index (χ4n) is 2.81. The molecule has 4 nitrogen and oxygen atoms in total. The number of carboxylic acid groups (broad SMARTS) is 1. The summed E-state index contributed by atoms with van der Waals surface area (Å²) in [6, 6.07) is 0. The number of piperidine rings is 1. The zero-order valence-corrected chi connectivity index (χ0v) is 8.32. The normalized spacial score (nSPS) is 38.4. The number of aliphatic carboxylic acids is 1. The molecule has 2 atom stereocenters. The van der Waals surface area contributed by atoms with Crippen LogP contribution in [-0.2, 0) is 9.59 Å². The minimum absolute atomic E-state index is 0.0330. The summed E-state index contributed by atoms with van der Waals surface area (Å²) in [4.78, 5) is 25.1. The van der Waals surface area contributed by atoms with Gasteiger partial charge in [0.1, 0.15) is 5.41 Å². The van der Waals surface area contributed by atoms with Gasteiger partial charge in [-0.3, -0.25) is 9.59 Å². The van der Waals surface area contributed by atoms with Gasteiger partial charge in [0.2, 0.25) is 0 Å². The van der Waals surface area contributed by atoms with Crippen LogP contribution in [0.3, 0.4) is 0 Å². The quantitative estimate of drug-likeness (QED) is 0.617. The first-order valence-corrected chi connectivity index (χ1v) is 5.02. The third kappa shape index (κ3) is 1.17. The van der Waals surface area contributed by atoms with Gasteiger partial charge in [-0.1, -0.05) is 6.42 Å². The second-order valence-corrected chi connectivity index (χ2v) is 4.54. The number of nitrogens with zero attached hydrogens (tertiary/aromatic N) is 1. The number of carbonyl (C=O) groups excluding carboxylic acids is 1. The Hall–Kier alpha value is -0.900. The van der Waals surface area contributed by atoms with Gasteiger partial charge in [0.25, 0.3) is 0 Å². The summed E-state index contributed by atoms with van der Waals surface area (Å²) in [5.74, 6) is -1.01. The van der Waals surface area contributed by atoms with Crippen LogP contribution in [0, 0.1) is 11.3 Å². The lowest BCUT2D eigenvalue weighted by Gasteiger charge is -2.44. The number of hydrogen-bond acceptors (Lipinski definition) is 3. The van der Waals surface area contributed by atoms with E-state index in [1.165, 1.54) is 0 Å². The molecular formula is C10H15NO3. The molecule has 1 saturated heterocycles. The Morgan fingerprint density at radius 3 is 3.00 bits per heavy atom. The van der Waals surface area contributed by atoms with E-state index in [1.54, 1.807) is 0 Å². The van der Waals surface area contributed by atoms with Gasteiger partial charge in [0.15, 0.2) is 5.78 Å². The average Bonchev–Trinajstić information content (AvgIpc) is 2.07. The summed E-state index contributed by atoms with van der Waals surface area (Å²) in [7, 11) is 1.89. The molecule has 1 saturated carbocycles. The van der Waals surface area contributed by atoms with Crippen LogP contribution in [0.25, 0.3) is 0 Å². The predicted octanol–water partition coefficient (Wildman–Crippen LogP) is 0.372. The minimum Gasteiger partial charge on any atom is -0.480 e. The third-order valence-electron chi connectivity index (χ3n) is 3.48. The lowest BCUT2D eigenvalue weighted by Crippen LogP contribution is -2.58. The first kappa shape index (κ1) is 9.65. The SMILES string of the molecule is CN1CC2CCCC(C(=O)O)(C1)C2=O. The number of ketones is 1. The van der Waals surface area contributed by atoms with Crippen molar-refractivity contribution in [1.29, 1.82) is 0 Å². The van der Waals surface area contributed by atoms with Gasteiger partial charge in [-0.05, 0) is 19.9 Å². The molecule has 0 aromatic rings. The van der Waals surface area contributed by atoms with Gasteiger partial charge in [-0.25, -0.2) is 0 Å². The molecule has 4 heteroatoms. The van der Waals surface area contributed by atoms with Gasteiger partial charge < -0.3 is 10.0 Å². The smallest absolute Gasteiger partial charge is 0.318 e. The molecule has 14 heavy (non-hydrogen) atoms. The van der Waals surface area contributed by atoms with Gasteiger partial charge >= 0.3 is 5.97 Å². The zero-order valence-electron chi connectivity index (χ0n) is 8.32. The van der Waals surface area contributed by atoms with Crippen LogP contribution in [0.4, 0.5) is 0 Å².